The zero-order valence-corrected chi connectivity index (χ0v) is 12.2. The summed E-state index contributed by atoms with van der Waals surface area (Å²) >= 11 is 0. The topological polar surface area (TPSA) is 72.2 Å². The first-order valence-corrected chi connectivity index (χ1v) is 6.77. The van der Waals surface area contributed by atoms with Crippen molar-refractivity contribution in [1.29, 1.82) is 0 Å². The molecule has 22 heavy (non-hydrogen) atoms. The second kappa shape index (κ2) is 6.34. The Morgan fingerprint density at radius 3 is 2.45 bits per heavy atom. The van der Waals surface area contributed by atoms with Crippen LogP contribution in [0.25, 0.3) is 0 Å². The van der Waals surface area contributed by atoms with Crippen LogP contribution in [0.5, 0.6) is 0 Å². The van der Waals surface area contributed by atoms with Crippen LogP contribution in [0.2, 0.25) is 0 Å². The van der Waals surface area contributed by atoms with E-state index in [9.17, 15) is 19.3 Å². The average Bonchev–Trinajstić information content (AvgIpc) is 2.50. The summed E-state index contributed by atoms with van der Waals surface area (Å²) < 4.78 is 13.7. The summed E-state index contributed by atoms with van der Waals surface area (Å²) in [5, 5.41) is 13.5. The summed E-state index contributed by atoms with van der Waals surface area (Å²) in [4.78, 5) is 22.3. The zero-order chi connectivity index (χ0) is 16.3. The lowest BCUT2D eigenvalue weighted by Gasteiger charge is -2.07. The van der Waals surface area contributed by atoms with Gasteiger partial charge < -0.3 is 5.32 Å². The molecule has 0 unspecified atom stereocenters. The number of carbonyl (C=O) groups is 1. The smallest absolute Gasteiger partial charge is 0.276 e. The van der Waals surface area contributed by atoms with Crippen LogP contribution in [0.3, 0.4) is 0 Å². The molecular formula is C16H15FN2O3. The third-order valence-corrected chi connectivity index (χ3v) is 3.40. The highest BCUT2D eigenvalue weighted by molar-refractivity contribution is 6.04. The van der Waals surface area contributed by atoms with Crippen molar-refractivity contribution in [3.8, 4) is 0 Å². The highest BCUT2D eigenvalue weighted by atomic mass is 19.1. The van der Waals surface area contributed by atoms with Crippen molar-refractivity contribution in [3.05, 3.63) is 69.0 Å². The fourth-order valence-electron chi connectivity index (χ4n) is 2.01. The minimum atomic E-state index is -0.777. The standard InChI is InChI=1S/C16H15FN2O3/c1-3-11-4-6-13(7-5-11)18-16(20)12-8-14(17)10(2)15(9-12)19(21)22/h4-9H,3H2,1-2H3,(H,18,20). The molecule has 0 saturated carbocycles. The van der Waals surface area contributed by atoms with E-state index in [1.54, 1.807) is 12.1 Å². The Labute approximate surface area is 126 Å². The maximum atomic E-state index is 13.7. The van der Waals surface area contributed by atoms with Crippen LogP contribution < -0.4 is 5.32 Å². The molecule has 0 aromatic heterocycles. The van der Waals surface area contributed by atoms with Gasteiger partial charge in [-0.15, -0.1) is 0 Å². The molecule has 0 aliphatic rings. The van der Waals surface area contributed by atoms with Crippen LogP contribution >= 0.6 is 0 Å². The summed E-state index contributed by atoms with van der Waals surface area (Å²) in [5.74, 6) is -1.37. The van der Waals surface area contributed by atoms with Crippen molar-refractivity contribution in [1.82, 2.24) is 0 Å². The fraction of sp³-hybridized carbons (Fsp3) is 0.188. The van der Waals surface area contributed by atoms with E-state index in [2.05, 4.69) is 5.32 Å². The van der Waals surface area contributed by atoms with Crippen molar-refractivity contribution in [2.75, 3.05) is 5.32 Å². The van der Waals surface area contributed by atoms with Gasteiger partial charge in [-0.1, -0.05) is 19.1 Å². The fourth-order valence-corrected chi connectivity index (χ4v) is 2.01. The summed E-state index contributed by atoms with van der Waals surface area (Å²) in [5.41, 5.74) is 1.08. The van der Waals surface area contributed by atoms with Gasteiger partial charge in [-0.3, -0.25) is 14.9 Å². The van der Waals surface area contributed by atoms with E-state index in [0.717, 1.165) is 24.1 Å². The van der Waals surface area contributed by atoms with Gasteiger partial charge in [0.25, 0.3) is 11.6 Å². The predicted octanol–water partition coefficient (Wildman–Crippen LogP) is 3.86. The Morgan fingerprint density at radius 1 is 1.27 bits per heavy atom. The number of amides is 1. The lowest BCUT2D eigenvalue weighted by Crippen LogP contribution is -2.13. The van der Waals surface area contributed by atoms with E-state index in [1.165, 1.54) is 6.92 Å². The molecule has 0 aliphatic heterocycles. The maximum absolute atomic E-state index is 13.7. The molecule has 0 aliphatic carbocycles. The van der Waals surface area contributed by atoms with Gasteiger partial charge in [0.2, 0.25) is 0 Å². The van der Waals surface area contributed by atoms with E-state index >= 15 is 0 Å². The van der Waals surface area contributed by atoms with Crippen molar-refractivity contribution in [3.63, 3.8) is 0 Å². The first kappa shape index (κ1) is 15.6. The molecule has 2 aromatic carbocycles. The van der Waals surface area contributed by atoms with Gasteiger partial charge in [-0.05, 0) is 37.1 Å². The highest BCUT2D eigenvalue weighted by Gasteiger charge is 2.19. The normalized spacial score (nSPS) is 10.3. The number of benzene rings is 2. The predicted molar refractivity (Wildman–Crippen MR) is 81.6 cm³/mol. The van der Waals surface area contributed by atoms with Crippen LogP contribution in [0.15, 0.2) is 36.4 Å². The monoisotopic (exact) mass is 302 g/mol. The number of nitro benzene ring substituents is 1. The van der Waals surface area contributed by atoms with Crippen molar-refractivity contribution >= 4 is 17.3 Å². The van der Waals surface area contributed by atoms with E-state index in [0.29, 0.717) is 5.69 Å². The number of nitro groups is 1. The molecule has 0 fully saturated rings. The van der Waals surface area contributed by atoms with Gasteiger partial charge in [0.05, 0.1) is 10.5 Å². The molecule has 0 heterocycles. The van der Waals surface area contributed by atoms with E-state index in [1.807, 2.05) is 19.1 Å². The number of nitrogens with zero attached hydrogens (tertiary/aromatic N) is 1. The molecule has 1 amide bonds. The van der Waals surface area contributed by atoms with E-state index < -0.39 is 22.3 Å². The molecule has 1 N–H and O–H groups in total. The minimum absolute atomic E-state index is 0.0885. The first-order chi connectivity index (χ1) is 10.4. The largest absolute Gasteiger partial charge is 0.322 e. The van der Waals surface area contributed by atoms with Crippen molar-refractivity contribution in [2.24, 2.45) is 0 Å². The average molecular weight is 302 g/mol. The van der Waals surface area contributed by atoms with Crippen LogP contribution in [0.4, 0.5) is 15.8 Å². The molecule has 0 spiro atoms. The molecular weight excluding hydrogens is 287 g/mol. The molecule has 2 aromatic rings. The number of halogens is 1. The second-order valence-electron chi connectivity index (χ2n) is 4.86. The highest BCUT2D eigenvalue weighted by Crippen LogP contribution is 2.23. The SMILES string of the molecule is CCc1ccc(NC(=O)c2cc(F)c(C)c([N+](=O)[O-])c2)cc1. The van der Waals surface area contributed by atoms with Crippen LogP contribution in [0, 0.1) is 22.9 Å². The molecule has 0 radical (unpaired) electrons. The number of hydrogen-bond acceptors (Lipinski definition) is 3. The van der Waals surface area contributed by atoms with E-state index in [-0.39, 0.29) is 11.1 Å². The second-order valence-corrected chi connectivity index (χ2v) is 4.86. The Bertz CT molecular complexity index is 727. The van der Waals surface area contributed by atoms with Gasteiger partial charge in [0.1, 0.15) is 5.82 Å². The number of anilines is 1. The van der Waals surface area contributed by atoms with Gasteiger partial charge in [0.15, 0.2) is 0 Å². The van der Waals surface area contributed by atoms with Gasteiger partial charge >= 0.3 is 0 Å². The molecule has 0 atom stereocenters. The number of aryl methyl sites for hydroxylation is 1. The minimum Gasteiger partial charge on any atom is -0.322 e. The maximum Gasteiger partial charge on any atom is 0.276 e. The van der Waals surface area contributed by atoms with E-state index in [4.69, 9.17) is 0 Å². The first-order valence-electron chi connectivity index (χ1n) is 6.77. The molecule has 5 nitrogen and oxygen atoms in total. The Kier molecular flexibility index (Phi) is 4.50. The van der Waals surface area contributed by atoms with Gasteiger partial charge in [-0.2, -0.15) is 0 Å². The Morgan fingerprint density at radius 2 is 1.91 bits per heavy atom. The Balaban J connectivity index is 2.27. The number of carbonyl (C=O) groups excluding carboxylic acids is 1. The van der Waals surface area contributed by atoms with Crippen LogP contribution in [0.1, 0.15) is 28.4 Å². The van der Waals surface area contributed by atoms with Gasteiger partial charge in [0, 0.05) is 17.3 Å². The zero-order valence-electron chi connectivity index (χ0n) is 12.2. The summed E-state index contributed by atoms with van der Waals surface area (Å²) in [6, 6.07) is 9.28. The third kappa shape index (κ3) is 3.28. The lowest BCUT2D eigenvalue weighted by molar-refractivity contribution is -0.385. The van der Waals surface area contributed by atoms with Crippen LogP contribution in [-0.2, 0) is 6.42 Å². The number of hydrogen-bond donors (Lipinski definition) is 1. The lowest BCUT2D eigenvalue weighted by atomic mass is 10.1. The van der Waals surface area contributed by atoms with Crippen molar-refractivity contribution in [2.45, 2.75) is 20.3 Å². The molecule has 2 rings (SSSR count). The van der Waals surface area contributed by atoms with Gasteiger partial charge in [-0.25, -0.2) is 4.39 Å². The van der Waals surface area contributed by atoms with Crippen LogP contribution in [-0.4, -0.2) is 10.8 Å². The number of nitrogens with one attached hydrogen (secondary N) is 1. The molecule has 0 bridgehead atoms. The quantitative estimate of drug-likeness (QED) is 0.688. The third-order valence-electron chi connectivity index (χ3n) is 3.40. The number of rotatable bonds is 4. The molecule has 6 heteroatoms. The summed E-state index contributed by atoms with van der Waals surface area (Å²) in [6.45, 7) is 3.32. The van der Waals surface area contributed by atoms with Crippen molar-refractivity contribution < 1.29 is 14.1 Å². The Hall–Kier alpha value is -2.76. The summed E-state index contributed by atoms with van der Waals surface area (Å²) in [6.07, 6.45) is 0.879. The molecule has 114 valence electrons. The molecule has 0 saturated heterocycles. The summed E-state index contributed by atoms with van der Waals surface area (Å²) in [7, 11) is 0.